The third kappa shape index (κ3) is 2.65. The molecule has 2 aromatic carbocycles. The molecule has 0 fully saturated rings. The molecule has 0 atom stereocenters. The molecule has 0 radical (unpaired) electrons. The molecule has 1 aliphatic rings. The van der Waals surface area contributed by atoms with E-state index in [0.29, 0.717) is 34.2 Å². The number of aliphatic imine (C=N–C) groups is 1. The number of nitrogens with zero attached hydrogens (tertiary/aromatic N) is 2. The van der Waals surface area contributed by atoms with Crippen LogP contribution in [0.1, 0.15) is 54.0 Å². The first kappa shape index (κ1) is 16.4. The summed E-state index contributed by atoms with van der Waals surface area (Å²) in [6, 6.07) is 13.1. The molecule has 26 heavy (non-hydrogen) atoms. The summed E-state index contributed by atoms with van der Waals surface area (Å²) in [5, 5.41) is 0. The number of hydrogen-bond acceptors (Lipinski definition) is 4. The first-order chi connectivity index (χ1) is 12.3. The highest BCUT2D eigenvalue weighted by Gasteiger charge is 2.35. The number of halogens is 1. The van der Waals surface area contributed by atoms with Crippen molar-refractivity contribution < 1.29 is 13.6 Å². The monoisotopic (exact) mass is 348 g/mol. The maximum Gasteiger partial charge on any atom is 0.216 e. The van der Waals surface area contributed by atoms with Gasteiger partial charge >= 0.3 is 0 Å². The number of hydrogen-bond donors (Lipinski definition) is 0. The highest BCUT2D eigenvalue weighted by Crippen LogP contribution is 2.33. The number of carbonyl (C=O) groups excluding carboxylic acids is 1. The Morgan fingerprint density at radius 3 is 2.31 bits per heavy atom. The summed E-state index contributed by atoms with van der Waals surface area (Å²) < 4.78 is 19.2. The molecule has 0 saturated heterocycles. The Morgan fingerprint density at radius 2 is 1.65 bits per heavy atom. The Kier molecular flexibility index (Phi) is 3.61. The van der Waals surface area contributed by atoms with E-state index in [1.54, 1.807) is 18.2 Å². The van der Waals surface area contributed by atoms with Gasteiger partial charge in [-0.1, -0.05) is 45.0 Å². The Balaban J connectivity index is 1.97. The molecule has 1 aliphatic carbocycles. The second-order valence-corrected chi connectivity index (χ2v) is 7.26. The lowest BCUT2D eigenvalue weighted by Gasteiger charge is -2.15. The van der Waals surface area contributed by atoms with E-state index in [1.807, 2.05) is 39.0 Å². The summed E-state index contributed by atoms with van der Waals surface area (Å²) >= 11 is 0. The van der Waals surface area contributed by atoms with Crippen molar-refractivity contribution in [2.24, 2.45) is 4.99 Å². The van der Waals surface area contributed by atoms with Gasteiger partial charge in [-0.05, 0) is 24.3 Å². The molecule has 0 aliphatic heterocycles. The van der Waals surface area contributed by atoms with Crippen molar-refractivity contribution in [3.63, 3.8) is 0 Å². The third-order valence-corrected chi connectivity index (χ3v) is 4.19. The van der Waals surface area contributed by atoms with E-state index in [2.05, 4.69) is 9.98 Å². The minimum atomic E-state index is -0.342. The first-order valence-corrected chi connectivity index (χ1v) is 8.34. The summed E-state index contributed by atoms with van der Waals surface area (Å²) in [4.78, 5) is 22.0. The van der Waals surface area contributed by atoms with E-state index in [9.17, 15) is 9.18 Å². The quantitative estimate of drug-likeness (QED) is 0.495. The van der Waals surface area contributed by atoms with Gasteiger partial charge in [-0.15, -0.1) is 0 Å². The van der Waals surface area contributed by atoms with Crippen molar-refractivity contribution in [3.8, 4) is 0 Å². The average molecular weight is 348 g/mol. The first-order valence-electron chi connectivity index (χ1n) is 8.34. The van der Waals surface area contributed by atoms with Gasteiger partial charge in [-0.3, -0.25) is 4.79 Å². The lowest BCUT2D eigenvalue weighted by atomic mass is 9.90. The number of benzene rings is 2. The molecule has 5 heteroatoms. The maximum atomic E-state index is 13.2. The Hall–Kier alpha value is -3.08. The Morgan fingerprint density at radius 1 is 1.00 bits per heavy atom. The Bertz CT molecular complexity index is 1040. The van der Waals surface area contributed by atoms with Crippen LogP contribution in [0.15, 0.2) is 57.9 Å². The van der Waals surface area contributed by atoms with Crippen LogP contribution in [0, 0.1) is 5.82 Å². The summed E-state index contributed by atoms with van der Waals surface area (Å²) in [6.45, 7) is 5.91. The van der Waals surface area contributed by atoms with Gasteiger partial charge in [0.2, 0.25) is 11.7 Å². The van der Waals surface area contributed by atoms with Crippen LogP contribution in [-0.2, 0) is 5.41 Å². The SMILES string of the molecule is CC(C)(C)c1nc2c(o1)C(=Nc1ccc(F)cc1)c1ccccc1C2=O. The fourth-order valence-electron chi connectivity index (χ4n) is 2.85. The molecule has 1 heterocycles. The largest absolute Gasteiger partial charge is 0.438 e. The predicted octanol–water partition coefficient (Wildman–Crippen LogP) is 4.82. The van der Waals surface area contributed by atoms with Gasteiger partial charge in [-0.2, -0.15) is 0 Å². The van der Waals surface area contributed by atoms with Crippen LogP contribution in [0.4, 0.5) is 10.1 Å². The molecule has 4 rings (SSSR count). The minimum Gasteiger partial charge on any atom is -0.438 e. The molecule has 3 aromatic rings. The van der Waals surface area contributed by atoms with E-state index in [-0.39, 0.29) is 22.7 Å². The number of oxazole rings is 1. The zero-order valence-electron chi connectivity index (χ0n) is 14.7. The van der Waals surface area contributed by atoms with Crippen molar-refractivity contribution in [2.45, 2.75) is 26.2 Å². The molecule has 0 amide bonds. The van der Waals surface area contributed by atoms with Gasteiger partial charge in [0.05, 0.1) is 5.69 Å². The second-order valence-electron chi connectivity index (χ2n) is 7.26. The van der Waals surface area contributed by atoms with Crippen LogP contribution in [-0.4, -0.2) is 16.5 Å². The molecule has 0 spiro atoms. The number of ketones is 1. The van der Waals surface area contributed by atoms with E-state index >= 15 is 0 Å². The Labute approximate surface area is 150 Å². The van der Waals surface area contributed by atoms with Crippen molar-refractivity contribution in [1.29, 1.82) is 0 Å². The van der Waals surface area contributed by atoms with Crippen molar-refractivity contribution in [2.75, 3.05) is 0 Å². The molecular formula is C21H17FN2O2. The topological polar surface area (TPSA) is 55.5 Å². The minimum absolute atomic E-state index is 0.173. The second kappa shape index (κ2) is 5.73. The molecule has 130 valence electrons. The highest BCUT2D eigenvalue weighted by atomic mass is 19.1. The maximum absolute atomic E-state index is 13.2. The third-order valence-electron chi connectivity index (χ3n) is 4.19. The molecule has 4 nitrogen and oxygen atoms in total. The van der Waals surface area contributed by atoms with E-state index in [4.69, 9.17) is 4.42 Å². The number of carbonyl (C=O) groups is 1. The molecule has 0 bridgehead atoms. The highest BCUT2D eigenvalue weighted by molar-refractivity contribution is 6.28. The smallest absolute Gasteiger partial charge is 0.216 e. The molecular weight excluding hydrogens is 331 g/mol. The zero-order valence-corrected chi connectivity index (χ0v) is 14.7. The van der Waals surface area contributed by atoms with Crippen LogP contribution in [0.2, 0.25) is 0 Å². The normalized spacial score (nSPS) is 15.1. The fourth-order valence-corrected chi connectivity index (χ4v) is 2.85. The molecule has 0 saturated carbocycles. The predicted molar refractivity (Wildman–Crippen MR) is 96.8 cm³/mol. The number of aromatic nitrogens is 1. The lowest BCUT2D eigenvalue weighted by molar-refractivity contribution is 0.103. The average Bonchev–Trinajstić information content (AvgIpc) is 3.06. The van der Waals surface area contributed by atoms with E-state index < -0.39 is 0 Å². The summed E-state index contributed by atoms with van der Waals surface area (Å²) in [5.41, 5.74) is 2.26. The molecule has 0 N–H and O–H groups in total. The summed E-state index contributed by atoms with van der Waals surface area (Å²) in [6.07, 6.45) is 0. The van der Waals surface area contributed by atoms with E-state index in [1.165, 1.54) is 12.1 Å². The van der Waals surface area contributed by atoms with Crippen LogP contribution >= 0.6 is 0 Å². The van der Waals surface area contributed by atoms with Crippen LogP contribution in [0.3, 0.4) is 0 Å². The van der Waals surface area contributed by atoms with Gasteiger partial charge in [0.1, 0.15) is 11.5 Å². The van der Waals surface area contributed by atoms with Gasteiger partial charge in [0.15, 0.2) is 11.5 Å². The van der Waals surface area contributed by atoms with E-state index in [0.717, 1.165) is 0 Å². The lowest BCUT2D eigenvalue weighted by Crippen LogP contribution is -2.20. The summed E-state index contributed by atoms with van der Waals surface area (Å²) in [5.74, 6) is 0.342. The molecule has 1 aromatic heterocycles. The summed E-state index contributed by atoms with van der Waals surface area (Å²) in [7, 11) is 0. The van der Waals surface area contributed by atoms with Gasteiger partial charge in [0.25, 0.3) is 0 Å². The van der Waals surface area contributed by atoms with Crippen LogP contribution in [0.5, 0.6) is 0 Å². The number of fused-ring (bicyclic) bond motifs is 2. The molecule has 0 unspecified atom stereocenters. The van der Waals surface area contributed by atoms with Gasteiger partial charge in [0, 0.05) is 16.5 Å². The van der Waals surface area contributed by atoms with Gasteiger partial charge < -0.3 is 4.42 Å². The van der Waals surface area contributed by atoms with Crippen molar-refractivity contribution in [3.05, 3.63) is 82.8 Å². The standard InChI is InChI=1S/C21H17FN2O2/c1-21(2,3)20-24-17-18(25)15-7-5-4-6-14(15)16(19(17)26-20)23-13-10-8-12(22)9-11-13/h4-11H,1-3H3. The van der Waals surface area contributed by atoms with Crippen LogP contribution < -0.4 is 0 Å². The van der Waals surface area contributed by atoms with Crippen molar-refractivity contribution >= 4 is 17.2 Å². The zero-order chi connectivity index (χ0) is 18.5. The fraction of sp³-hybridized carbons (Fsp3) is 0.190. The van der Waals surface area contributed by atoms with Crippen molar-refractivity contribution in [1.82, 2.24) is 4.98 Å². The van der Waals surface area contributed by atoms with Gasteiger partial charge in [-0.25, -0.2) is 14.4 Å². The van der Waals surface area contributed by atoms with Crippen LogP contribution in [0.25, 0.3) is 0 Å². The number of rotatable bonds is 1.